The molecule has 3 heteroatoms. The van der Waals surface area contributed by atoms with Crippen LogP contribution in [-0.2, 0) is 13.0 Å². The molecule has 0 aliphatic heterocycles. The van der Waals surface area contributed by atoms with Gasteiger partial charge in [0.2, 0.25) is 0 Å². The molecule has 0 aliphatic carbocycles. The zero-order chi connectivity index (χ0) is 11.4. The van der Waals surface area contributed by atoms with E-state index in [1.54, 1.807) is 10.8 Å². The molecule has 16 heavy (non-hydrogen) atoms. The molecule has 0 unspecified atom stereocenters. The van der Waals surface area contributed by atoms with Gasteiger partial charge in [0.05, 0.1) is 0 Å². The van der Waals surface area contributed by atoms with E-state index in [4.69, 9.17) is 0 Å². The monoisotopic (exact) mass is 214 g/mol. The summed E-state index contributed by atoms with van der Waals surface area (Å²) < 4.78 is 1.73. The Hall–Kier alpha value is -1.90. The third-order valence-corrected chi connectivity index (χ3v) is 2.55. The Balaban J connectivity index is 2.11. The van der Waals surface area contributed by atoms with Crippen molar-refractivity contribution in [1.29, 1.82) is 0 Å². The van der Waals surface area contributed by atoms with Crippen LogP contribution in [0.2, 0.25) is 0 Å². The minimum atomic E-state index is 0.0819. The largest absolute Gasteiger partial charge is 0.315 e. The molecule has 82 valence electrons. The number of rotatable bonds is 3. The Morgan fingerprint density at radius 3 is 2.88 bits per heavy atom. The fourth-order valence-corrected chi connectivity index (χ4v) is 1.61. The summed E-state index contributed by atoms with van der Waals surface area (Å²) in [6.45, 7) is 2.51. The van der Waals surface area contributed by atoms with Crippen LogP contribution in [0.25, 0.3) is 0 Å². The third-order valence-electron chi connectivity index (χ3n) is 2.55. The molecule has 0 bridgehead atoms. The van der Waals surface area contributed by atoms with E-state index in [0.717, 1.165) is 17.7 Å². The summed E-state index contributed by atoms with van der Waals surface area (Å²) in [5, 5.41) is 0. The second-order valence-corrected chi connectivity index (χ2v) is 3.76. The molecular weight excluding hydrogens is 200 g/mol. The fraction of sp³-hybridized carbons (Fsp3) is 0.231. The first kappa shape index (κ1) is 10.6. The van der Waals surface area contributed by atoms with Crippen molar-refractivity contribution < 1.29 is 0 Å². The first-order valence-corrected chi connectivity index (χ1v) is 5.33. The van der Waals surface area contributed by atoms with E-state index < -0.39 is 0 Å². The van der Waals surface area contributed by atoms with E-state index >= 15 is 0 Å². The van der Waals surface area contributed by atoms with Gasteiger partial charge in [-0.15, -0.1) is 0 Å². The van der Waals surface area contributed by atoms with Gasteiger partial charge in [0.25, 0.3) is 5.56 Å². The fourth-order valence-electron chi connectivity index (χ4n) is 1.61. The van der Waals surface area contributed by atoms with Crippen LogP contribution in [-0.4, -0.2) is 9.55 Å². The molecule has 2 aromatic heterocycles. The Morgan fingerprint density at radius 2 is 2.12 bits per heavy atom. The number of nitrogens with zero attached hydrogens (tertiary/aromatic N) is 2. The van der Waals surface area contributed by atoms with Crippen molar-refractivity contribution in [1.82, 2.24) is 9.55 Å². The van der Waals surface area contributed by atoms with E-state index in [9.17, 15) is 4.79 Å². The average molecular weight is 214 g/mol. The molecule has 0 saturated carbocycles. The Bertz CT molecular complexity index is 517. The van der Waals surface area contributed by atoms with E-state index in [2.05, 4.69) is 4.98 Å². The number of aromatic nitrogens is 2. The van der Waals surface area contributed by atoms with Gasteiger partial charge >= 0.3 is 0 Å². The topological polar surface area (TPSA) is 34.9 Å². The summed E-state index contributed by atoms with van der Waals surface area (Å²) in [5.41, 5.74) is 1.87. The first-order chi connectivity index (χ1) is 7.77. The van der Waals surface area contributed by atoms with Gasteiger partial charge in [-0.3, -0.25) is 9.78 Å². The molecule has 0 fully saturated rings. The van der Waals surface area contributed by atoms with Crippen molar-refractivity contribution in [2.45, 2.75) is 19.9 Å². The number of aryl methyl sites for hydroxylation is 3. The normalized spacial score (nSPS) is 10.3. The number of pyridine rings is 2. The highest BCUT2D eigenvalue weighted by molar-refractivity contribution is 5.08. The number of hydrogen-bond donors (Lipinski definition) is 0. The minimum absolute atomic E-state index is 0.0819. The van der Waals surface area contributed by atoms with Crippen molar-refractivity contribution in [2.24, 2.45) is 0 Å². The molecule has 0 amide bonds. The zero-order valence-electron chi connectivity index (χ0n) is 9.26. The van der Waals surface area contributed by atoms with Crippen molar-refractivity contribution in [3.63, 3.8) is 0 Å². The predicted octanol–water partition coefficient (Wildman–Crippen LogP) is 1.79. The van der Waals surface area contributed by atoms with Gasteiger partial charge in [0.15, 0.2) is 0 Å². The van der Waals surface area contributed by atoms with Crippen molar-refractivity contribution >= 4 is 0 Å². The highest BCUT2D eigenvalue weighted by Crippen LogP contribution is 1.97. The maximum absolute atomic E-state index is 11.7. The smallest absolute Gasteiger partial charge is 0.253 e. The van der Waals surface area contributed by atoms with Gasteiger partial charge in [0.1, 0.15) is 0 Å². The van der Waals surface area contributed by atoms with E-state index in [1.807, 2.05) is 43.5 Å². The van der Waals surface area contributed by atoms with Crippen LogP contribution in [0.1, 0.15) is 11.3 Å². The molecule has 3 nitrogen and oxygen atoms in total. The minimum Gasteiger partial charge on any atom is -0.315 e. The summed E-state index contributed by atoms with van der Waals surface area (Å²) in [6, 6.07) is 9.55. The van der Waals surface area contributed by atoms with Crippen LogP contribution in [0.15, 0.2) is 47.5 Å². The molecule has 0 radical (unpaired) electrons. The molecule has 0 atom stereocenters. The summed E-state index contributed by atoms with van der Waals surface area (Å²) in [5.74, 6) is 0. The summed E-state index contributed by atoms with van der Waals surface area (Å²) in [6.07, 6.45) is 4.37. The lowest BCUT2D eigenvalue weighted by molar-refractivity contribution is 0.656. The van der Waals surface area contributed by atoms with Gasteiger partial charge in [0, 0.05) is 36.6 Å². The number of hydrogen-bond acceptors (Lipinski definition) is 2. The molecule has 2 aromatic rings. The Labute approximate surface area is 94.4 Å². The SMILES string of the molecule is Cc1cccn(CCc2ccccn2)c1=O. The highest BCUT2D eigenvalue weighted by atomic mass is 16.1. The van der Waals surface area contributed by atoms with Gasteiger partial charge in [-0.2, -0.15) is 0 Å². The molecule has 2 heterocycles. The summed E-state index contributed by atoms with van der Waals surface area (Å²) >= 11 is 0. The second kappa shape index (κ2) is 4.75. The van der Waals surface area contributed by atoms with Gasteiger partial charge < -0.3 is 4.57 Å². The van der Waals surface area contributed by atoms with Crippen LogP contribution in [0.3, 0.4) is 0 Å². The lowest BCUT2D eigenvalue weighted by Crippen LogP contribution is -2.22. The molecule has 0 spiro atoms. The van der Waals surface area contributed by atoms with E-state index in [0.29, 0.717) is 6.54 Å². The molecule has 0 saturated heterocycles. The van der Waals surface area contributed by atoms with Crippen LogP contribution in [0.4, 0.5) is 0 Å². The van der Waals surface area contributed by atoms with Crippen LogP contribution < -0.4 is 5.56 Å². The van der Waals surface area contributed by atoms with Crippen LogP contribution in [0.5, 0.6) is 0 Å². The standard InChI is InChI=1S/C13H14N2O/c1-11-5-4-9-15(13(11)16)10-7-12-6-2-3-8-14-12/h2-6,8-9H,7,10H2,1H3. The lowest BCUT2D eigenvalue weighted by Gasteiger charge is -2.05. The quantitative estimate of drug-likeness (QED) is 0.780. The molecular formula is C13H14N2O. The molecule has 0 aromatic carbocycles. The maximum Gasteiger partial charge on any atom is 0.253 e. The van der Waals surface area contributed by atoms with Gasteiger partial charge in [-0.05, 0) is 25.1 Å². The Morgan fingerprint density at radius 1 is 1.25 bits per heavy atom. The van der Waals surface area contributed by atoms with E-state index in [-0.39, 0.29) is 5.56 Å². The van der Waals surface area contributed by atoms with Crippen molar-refractivity contribution in [2.75, 3.05) is 0 Å². The molecule has 0 N–H and O–H groups in total. The lowest BCUT2D eigenvalue weighted by atomic mass is 10.2. The van der Waals surface area contributed by atoms with Crippen molar-refractivity contribution in [3.8, 4) is 0 Å². The Kier molecular flexibility index (Phi) is 3.15. The van der Waals surface area contributed by atoms with Crippen molar-refractivity contribution in [3.05, 3.63) is 64.3 Å². The van der Waals surface area contributed by atoms with Gasteiger partial charge in [-0.1, -0.05) is 12.1 Å². The van der Waals surface area contributed by atoms with E-state index in [1.165, 1.54) is 0 Å². The predicted molar refractivity (Wildman–Crippen MR) is 63.4 cm³/mol. The third kappa shape index (κ3) is 2.37. The molecule has 0 aliphatic rings. The van der Waals surface area contributed by atoms with Gasteiger partial charge in [-0.25, -0.2) is 0 Å². The highest BCUT2D eigenvalue weighted by Gasteiger charge is 1.99. The first-order valence-electron chi connectivity index (χ1n) is 5.33. The maximum atomic E-state index is 11.7. The zero-order valence-corrected chi connectivity index (χ0v) is 9.26. The van der Waals surface area contributed by atoms with Crippen LogP contribution in [0, 0.1) is 6.92 Å². The summed E-state index contributed by atoms with van der Waals surface area (Å²) in [4.78, 5) is 16.0. The summed E-state index contributed by atoms with van der Waals surface area (Å²) in [7, 11) is 0. The second-order valence-electron chi connectivity index (χ2n) is 3.76. The molecule has 2 rings (SSSR count). The average Bonchev–Trinajstić information content (AvgIpc) is 2.32. The van der Waals surface area contributed by atoms with Crippen LogP contribution >= 0.6 is 0 Å².